The van der Waals surface area contributed by atoms with Gasteiger partial charge in [-0.05, 0) is 50.1 Å². The van der Waals surface area contributed by atoms with Crippen molar-refractivity contribution in [3.05, 3.63) is 29.3 Å². The highest BCUT2D eigenvalue weighted by atomic mass is 16.5. The molecular weight excluding hydrogens is 214 g/mol. The predicted molar refractivity (Wildman–Crippen MR) is 68.5 cm³/mol. The van der Waals surface area contributed by atoms with Crippen LogP contribution in [0.3, 0.4) is 0 Å². The van der Waals surface area contributed by atoms with Crippen LogP contribution in [-0.2, 0) is 11.2 Å². The van der Waals surface area contributed by atoms with Gasteiger partial charge in [0.1, 0.15) is 5.75 Å². The zero-order valence-corrected chi connectivity index (χ0v) is 10.8. The van der Waals surface area contributed by atoms with Gasteiger partial charge in [0.25, 0.3) is 0 Å². The van der Waals surface area contributed by atoms with E-state index in [-0.39, 0.29) is 12.1 Å². The Balaban J connectivity index is 2.31. The molecule has 0 bridgehead atoms. The lowest BCUT2D eigenvalue weighted by molar-refractivity contribution is 0.0253. The van der Waals surface area contributed by atoms with Crippen molar-refractivity contribution < 1.29 is 9.47 Å². The maximum atomic E-state index is 5.81. The minimum atomic E-state index is 0.268. The van der Waals surface area contributed by atoms with Crippen LogP contribution in [-0.4, -0.2) is 26.9 Å². The van der Waals surface area contributed by atoms with E-state index in [1.54, 1.807) is 7.11 Å². The summed E-state index contributed by atoms with van der Waals surface area (Å²) in [5.74, 6) is 0.918. The smallest absolute Gasteiger partial charge is 0.119 e. The Morgan fingerprint density at radius 1 is 1.41 bits per heavy atom. The third-order valence-electron chi connectivity index (χ3n) is 3.45. The minimum Gasteiger partial charge on any atom is -0.497 e. The van der Waals surface area contributed by atoms with Crippen LogP contribution in [0.15, 0.2) is 18.2 Å². The van der Waals surface area contributed by atoms with Crippen molar-refractivity contribution in [2.75, 3.05) is 20.8 Å². The summed E-state index contributed by atoms with van der Waals surface area (Å²) in [6, 6.07) is 6.60. The lowest BCUT2D eigenvalue weighted by Gasteiger charge is -2.33. The fraction of sp³-hybridized carbons (Fsp3) is 0.571. The van der Waals surface area contributed by atoms with Gasteiger partial charge in [-0.2, -0.15) is 0 Å². The van der Waals surface area contributed by atoms with Crippen molar-refractivity contribution >= 4 is 0 Å². The highest BCUT2D eigenvalue weighted by Gasteiger charge is 2.29. The molecule has 0 heterocycles. The molecule has 0 aliphatic heterocycles. The summed E-state index contributed by atoms with van der Waals surface area (Å²) in [6.45, 7) is 2.82. The third kappa shape index (κ3) is 2.45. The molecule has 2 rings (SSSR count). The van der Waals surface area contributed by atoms with Gasteiger partial charge in [0, 0.05) is 6.61 Å². The van der Waals surface area contributed by atoms with Gasteiger partial charge in [-0.25, -0.2) is 0 Å². The van der Waals surface area contributed by atoms with Gasteiger partial charge in [-0.1, -0.05) is 6.07 Å². The minimum absolute atomic E-state index is 0.268. The van der Waals surface area contributed by atoms with Crippen molar-refractivity contribution in [2.24, 2.45) is 0 Å². The van der Waals surface area contributed by atoms with Gasteiger partial charge in [0.05, 0.1) is 19.3 Å². The molecule has 2 atom stereocenters. The first-order valence-electron chi connectivity index (χ1n) is 6.25. The molecule has 0 aromatic heterocycles. The van der Waals surface area contributed by atoms with Crippen molar-refractivity contribution in [3.63, 3.8) is 0 Å². The highest BCUT2D eigenvalue weighted by Crippen LogP contribution is 2.33. The normalized spacial score (nSPS) is 23.2. The number of ether oxygens (including phenoxy) is 2. The summed E-state index contributed by atoms with van der Waals surface area (Å²) >= 11 is 0. The average Bonchev–Trinajstić information content (AvgIpc) is 2.38. The standard InChI is InChI=1S/C14H21NO2/c1-4-17-13-8-6-10-5-7-11(16-3)9-12(10)14(13)15-2/h5,7,9,13-15H,4,6,8H2,1-3H3. The lowest BCUT2D eigenvalue weighted by atomic mass is 9.85. The van der Waals surface area contributed by atoms with Crippen LogP contribution in [0.5, 0.6) is 5.75 Å². The molecule has 2 unspecified atom stereocenters. The molecule has 0 spiro atoms. The molecule has 0 radical (unpaired) electrons. The van der Waals surface area contributed by atoms with Gasteiger partial charge >= 0.3 is 0 Å². The number of hydrogen-bond donors (Lipinski definition) is 1. The zero-order valence-electron chi connectivity index (χ0n) is 10.8. The van der Waals surface area contributed by atoms with Gasteiger partial charge in [0.15, 0.2) is 0 Å². The fourth-order valence-corrected chi connectivity index (χ4v) is 2.62. The molecule has 3 nitrogen and oxygen atoms in total. The van der Waals surface area contributed by atoms with Crippen LogP contribution in [0.25, 0.3) is 0 Å². The number of methoxy groups -OCH3 is 1. The summed E-state index contributed by atoms with van der Waals surface area (Å²) in [6.07, 6.45) is 2.44. The van der Waals surface area contributed by atoms with Gasteiger partial charge in [-0.15, -0.1) is 0 Å². The topological polar surface area (TPSA) is 30.5 Å². The molecule has 1 aliphatic carbocycles. The van der Waals surface area contributed by atoms with Gasteiger partial charge < -0.3 is 14.8 Å². The van der Waals surface area contributed by atoms with E-state index in [2.05, 4.69) is 17.4 Å². The summed E-state index contributed by atoms with van der Waals surface area (Å²) in [5.41, 5.74) is 2.72. The molecule has 94 valence electrons. The Morgan fingerprint density at radius 2 is 2.24 bits per heavy atom. The highest BCUT2D eigenvalue weighted by molar-refractivity contribution is 5.40. The maximum Gasteiger partial charge on any atom is 0.119 e. The summed E-state index contributed by atoms with van der Waals surface area (Å²) in [4.78, 5) is 0. The van der Waals surface area contributed by atoms with E-state index in [1.165, 1.54) is 11.1 Å². The molecule has 1 aromatic rings. The van der Waals surface area contributed by atoms with E-state index in [1.807, 2.05) is 20.0 Å². The molecule has 1 aromatic carbocycles. The Bertz CT molecular complexity index is 378. The van der Waals surface area contributed by atoms with Crippen molar-refractivity contribution in [3.8, 4) is 5.75 Å². The fourth-order valence-electron chi connectivity index (χ4n) is 2.62. The molecule has 0 saturated heterocycles. The second kappa shape index (κ2) is 5.52. The second-order valence-electron chi connectivity index (χ2n) is 4.36. The van der Waals surface area contributed by atoms with E-state index in [0.717, 1.165) is 25.2 Å². The van der Waals surface area contributed by atoms with Crippen LogP contribution in [0.2, 0.25) is 0 Å². The number of fused-ring (bicyclic) bond motifs is 1. The van der Waals surface area contributed by atoms with Crippen molar-refractivity contribution in [1.29, 1.82) is 0 Å². The van der Waals surface area contributed by atoms with Gasteiger partial charge in [0.2, 0.25) is 0 Å². The number of aryl methyl sites for hydroxylation is 1. The van der Waals surface area contributed by atoms with Crippen LogP contribution in [0, 0.1) is 0 Å². The van der Waals surface area contributed by atoms with Crippen LogP contribution in [0.4, 0.5) is 0 Å². The first-order chi connectivity index (χ1) is 8.30. The monoisotopic (exact) mass is 235 g/mol. The van der Waals surface area contributed by atoms with Gasteiger partial charge in [-0.3, -0.25) is 0 Å². The summed E-state index contributed by atoms with van der Waals surface area (Å²) < 4.78 is 11.1. The Kier molecular flexibility index (Phi) is 4.02. The number of benzene rings is 1. The lowest BCUT2D eigenvalue weighted by Crippen LogP contribution is -2.36. The first-order valence-corrected chi connectivity index (χ1v) is 6.25. The molecule has 0 amide bonds. The van der Waals surface area contributed by atoms with Crippen LogP contribution >= 0.6 is 0 Å². The Hall–Kier alpha value is -1.06. The van der Waals surface area contributed by atoms with E-state index in [4.69, 9.17) is 9.47 Å². The predicted octanol–water partition coefficient (Wildman–Crippen LogP) is 2.31. The number of likely N-dealkylation sites (N-methyl/N-ethyl adjacent to an activating group) is 1. The molecular formula is C14H21NO2. The quantitative estimate of drug-likeness (QED) is 0.868. The first kappa shape index (κ1) is 12.4. The summed E-state index contributed by atoms with van der Waals surface area (Å²) in [5, 5.41) is 3.37. The van der Waals surface area contributed by atoms with E-state index >= 15 is 0 Å². The SMILES string of the molecule is CCOC1CCc2ccc(OC)cc2C1NC. The van der Waals surface area contributed by atoms with E-state index < -0.39 is 0 Å². The molecule has 1 N–H and O–H groups in total. The zero-order chi connectivity index (χ0) is 12.3. The van der Waals surface area contributed by atoms with Crippen LogP contribution < -0.4 is 10.1 Å². The van der Waals surface area contributed by atoms with Crippen molar-refractivity contribution in [2.45, 2.75) is 31.9 Å². The molecule has 1 aliphatic rings. The maximum absolute atomic E-state index is 5.81. The Labute approximate surface area is 103 Å². The Morgan fingerprint density at radius 3 is 2.88 bits per heavy atom. The van der Waals surface area contributed by atoms with E-state index in [9.17, 15) is 0 Å². The third-order valence-corrected chi connectivity index (χ3v) is 3.45. The van der Waals surface area contributed by atoms with E-state index in [0.29, 0.717) is 0 Å². The number of nitrogens with one attached hydrogen (secondary N) is 1. The molecule has 17 heavy (non-hydrogen) atoms. The molecule has 3 heteroatoms. The van der Waals surface area contributed by atoms with Crippen LogP contribution in [0.1, 0.15) is 30.5 Å². The largest absolute Gasteiger partial charge is 0.497 e. The second-order valence-corrected chi connectivity index (χ2v) is 4.36. The molecule has 0 saturated carbocycles. The number of hydrogen-bond acceptors (Lipinski definition) is 3. The number of rotatable bonds is 4. The molecule has 0 fully saturated rings. The summed E-state index contributed by atoms with van der Waals surface area (Å²) in [7, 11) is 3.70. The van der Waals surface area contributed by atoms with Crippen molar-refractivity contribution in [1.82, 2.24) is 5.32 Å². The average molecular weight is 235 g/mol.